The van der Waals surface area contributed by atoms with Gasteiger partial charge in [0.05, 0.1) is 11.4 Å². The largest absolute Gasteiger partial charge is 0.488 e. The highest BCUT2D eigenvalue weighted by molar-refractivity contribution is 8.00. The number of hydrogen-bond donors (Lipinski definition) is 2. The molecule has 2 unspecified atom stereocenters. The molecule has 22 heavy (non-hydrogen) atoms. The van der Waals surface area contributed by atoms with E-state index in [-0.39, 0.29) is 35.1 Å². The summed E-state index contributed by atoms with van der Waals surface area (Å²) in [5.41, 5.74) is 6.39. The number of thioether (sulfide) groups is 1. The third kappa shape index (κ3) is 3.42. The van der Waals surface area contributed by atoms with Gasteiger partial charge in [0, 0.05) is 24.0 Å². The first-order valence-corrected chi connectivity index (χ1v) is 7.71. The van der Waals surface area contributed by atoms with E-state index in [2.05, 4.69) is 10.2 Å². The molecule has 1 aromatic rings. The monoisotopic (exact) mass is 349 g/mol. The fourth-order valence-electron chi connectivity index (χ4n) is 2.61. The Balaban J connectivity index is 0.00000176. The van der Waals surface area contributed by atoms with Gasteiger partial charge in [-0.05, 0) is 19.4 Å². The zero-order valence-corrected chi connectivity index (χ0v) is 13.6. The second-order valence-corrected chi connectivity index (χ2v) is 6.63. The number of nitrogens with two attached hydrogens (primary N) is 1. The zero-order valence-electron chi connectivity index (χ0n) is 12.0. The van der Waals surface area contributed by atoms with Crippen LogP contribution in [0.3, 0.4) is 0 Å². The van der Waals surface area contributed by atoms with E-state index in [1.54, 1.807) is 11.8 Å². The molecular weight excluding hydrogens is 332 g/mol. The van der Waals surface area contributed by atoms with Crippen molar-refractivity contribution in [1.29, 1.82) is 0 Å². The molecule has 4 nitrogen and oxygen atoms in total. The van der Waals surface area contributed by atoms with Crippen molar-refractivity contribution in [3.05, 3.63) is 41.7 Å². The van der Waals surface area contributed by atoms with Gasteiger partial charge in [-0.2, -0.15) is 0 Å². The van der Waals surface area contributed by atoms with E-state index in [0.717, 1.165) is 6.07 Å². The number of hydrogen-bond acceptors (Lipinski definition) is 5. The number of nitrogens with one attached hydrogen (secondary N) is 1. The first-order valence-electron chi connectivity index (χ1n) is 6.76. The Morgan fingerprint density at radius 2 is 2.23 bits per heavy atom. The van der Waals surface area contributed by atoms with E-state index in [1.165, 1.54) is 6.07 Å². The summed E-state index contributed by atoms with van der Waals surface area (Å²) in [5.74, 6) is -1.05. The molecule has 0 aliphatic carbocycles. The van der Waals surface area contributed by atoms with Crippen molar-refractivity contribution >= 4 is 24.2 Å². The summed E-state index contributed by atoms with van der Waals surface area (Å²) < 4.78 is 32.5. The van der Waals surface area contributed by atoms with Gasteiger partial charge in [-0.3, -0.25) is 0 Å². The van der Waals surface area contributed by atoms with Crippen molar-refractivity contribution in [3.8, 4) is 5.75 Å². The van der Waals surface area contributed by atoms with Crippen LogP contribution in [0.5, 0.6) is 5.75 Å². The van der Waals surface area contributed by atoms with Gasteiger partial charge in [-0.15, -0.1) is 12.4 Å². The third-order valence-corrected chi connectivity index (χ3v) is 4.55. The van der Waals surface area contributed by atoms with Crippen molar-refractivity contribution in [2.75, 3.05) is 6.61 Å². The molecule has 3 atom stereocenters. The molecule has 0 radical (unpaired) electrons. The molecule has 1 aromatic carbocycles. The summed E-state index contributed by atoms with van der Waals surface area (Å²) >= 11 is 1.58. The molecule has 2 aliphatic rings. The number of fused-ring (bicyclic) bond motifs is 1. The Hall–Kier alpha value is -1.18. The van der Waals surface area contributed by atoms with Crippen LogP contribution in [0.4, 0.5) is 8.78 Å². The molecule has 122 valence electrons. The van der Waals surface area contributed by atoms with Gasteiger partial charge in [0.25, 0.3) is 0 Å². The topological polar surface area (TPSA) is 50.5 Å². The number of rotatable bonds is 3. The average Bonchev–Trinajstić information content (AvgIpc) is 2.85. The maximum absolute atomic E-state index is 13.7. The highest BCUT2D eigenvalue weighted by Crippen LogP contribution is 2.33. The van der Waals surface area contributed by atoms with Crippen molar-refractivity contribution in [2.45, 2.75) is 30.3 Å². The second-order valence-electron chi connectivity index (χ2n) is 5.17. The van der Waals surface area contributed by atoms with E-state index in [1.807, 2.05) is 19.3 Å². The summed E-state index contributed by atoms with van der Waals surface area (Å²) in [7, 11) is 0. The van der Waals surface area contributed by atoms with Gasteiger partial charge < -0.3 is 20.7 Å². The van der Waals surface area contributed by atoms with Crippen LogP contribution in [0.15, 0.2) is 24.5 Å². The summed E-state index contributed by atoms with van der Waals surface area (Å²) in [6.45, 7) is 2.28. The van der Waals surface area contributed by atoms with Crippen LogP contribution in [-0.4, -0.2) is 28.4 Å². The lowest BCUT2D eigenvalue weighted by atomic mass is 10.0. The molecule has 0 saturated heterocycles. The fourth-order valence-corrected chi connectivity index (χ4v) is 3.56. The van der Waals surface area contributed by atoms with Crippen molar-refractivity contribution in [3.63, 3.8) is 0 Å². The molecule has 3 N–H and O–H groups in total. The van der Waals surface area contributed by atoms with Gasteiger partial charge in [-0.25, -0.2) is 8.78 Å². The van der Waals surface area contributed by atoms with Crippen LogP contribution < -0.4 is 15.8 Å². The lowest BCUT2D eigenvalue weighted by Gasteiger charge is -2.36. The average molecular weight is 350 g/mol. The lowest BCUT2D eigenvalue weighted by Crippen LogP contribution is -2.46. The van der Waals surface area contributed by atoms with Crippen LogP contribution in [0.1, 0.15) is 12.5 Å². The van der Waals surface area contributed by atoms with E-state index < -0.39 is 11.6 Å². The summed E-state index contributed by atoms with van der Waals surface area (Å²) in [5, 5.41) is 3.19. The number of benzene rings is 1. The minimum Gasteiger partial charge on any atom is -0.488 e. The number of ether oxygens (including phenoxy) is 1. The fraction of sp³-hybridized carbons (Fsp3) is 0.429. The Morgan fingerprint density at radius 3 is 2.95 bits per heavy atom. The molecule has 0 amide bonds. The normalized spacial score (nSPS) is 24.1. The predicted octanol–water partition coefficient (Wildman–Crippen LogP) is 2.39. The van der Waals surface area contributed by atoms with Crippen LogP contribution >= 0.6 is 24.2 Å². The lowest BCUT2D eigenvalue weighted by molar-refractivity contribution is 0.149. The zero-order chi connectivity index (χ0) is 15.0. The Kier molecular flexibility index (Phi) is 5.41. The minimum atomic E-state index is -0.639. The molecule has 0 saturated carbocycles. The highest BCUT2D eigenvalue weighted by atomic mass is 35.5. The summed E-state index contributed by atoms with van der Waals surface area (Å²) in [6, 6.07) is 2.21. The van der Waals surface area contributed by atoms with Crippen LogP contribution in [0, 0.1) is 11.6 Å². The van der Waals surface area contributed by atoms with Gasteiger partial charge in [-0.1, -0.05) is 11.8 Å². The van der Waals surface area contributed by atoms with E-state index in [4.69, 9.17) is 10.5 Å². The van der Waals surface area contributed by atoms with Gasteiger partial charge in [0.15, 0.2) is 11.6 Å². The van der Waals surface area contributed by atoms with Crippen LogP contribution in [-0.2, 0) is 6.42 Å². The number of nitrogens with zero attached hydrogens (tertiary/aromatic N) is 1. The van der Waals surface area contributed by atoms with E-state index in [9.17, 15) is 8.78 Å². The first kappa shape index (κ1) is 17.2. The molecule has 0 fully saturated rings. The van der Waals surface area contributed by atoms with E-state index in [0.29, 0.717) is 18.6 Å². The second kappa shape index (κ2) is 6.93. The highest BCUT2D eigenvalue weighted by Gasteiger charge is 2.32. The molecule has 3 rings (SSSR count). The van der Waals surface area contributed by atoms with Crippen molar-refractivity contribution < 1.29 is 13.5 Å². The first-order chi connectivity index (χ1) is 10.0. The number of halogens is 3. The third-order valence-electron chi connectivity index (χ3n) is 3.48. The Morgan fingerprint density at radius 1 is 1.45 bits per heavy atom. The molecule has 0 bridgehead atoms. The van der Waals surface area contributed by atoms with Gasteiger partial charge in [0.1, 0.15) is 17.9 Å². The molecule has 2 aliphatic heterocycles. The van der Waals surface area contributed by atoms with Crippen molar-refractivity contribution in [1.82, 2.24) is 10.2 Å². The van der Waals surface area contributed by atoms with Crippen LogP contribution in [0.25, 0.3) is 0 Å². The molecule has 0 spiro atoms. The van der Waals surface area contributed by atoms with E-state index >= 15 is 0 Å². The SMILES string of the molecule is CC(N)S[C@@H]1NC=CN1C1COc2c(F)cc(F)cc2C1.Cl. The molecule has 0 aromatic heterocycles. The maximum atomic E-state index is 13.7. The Bertz CT molecular complexity index is 573. The molecule has 8 heteroatoms. The van der Waals surface area contributed by atoms with Gasteiger partial charge >= 0.3 is 0 Å². The maximum Gasteiger partial charge on any atom is 0.168 e. The molecule has 2 heterocycles. The minimum absolute atomic E-state index is 0. The quantitative estimate of drug-likeness (QED) is 0.821. The summed E-state index contributed by atoms with van der Waals surface area (Å²) in [4.78, 5) is 2.08. The molecular formula is C14H18ClF2N3OS. The summed E-state index contributed by atoms with van der Waals surface area (Å²) in [6.07, 6.45) is 4.31. The smallest absolute Gasteiger partial charge is 0.168 e. The van der Waals surface area contributed by atoms with Crippen molar-refractivity contribution in [2.24, 2.45) is 5.73 Å². The Labute approximate surface area is 138 Å². The van der Waals surface area contributed by atoms with Crippen LogP contribution in [0.2, 0.25) is 0 Å². The standard InChI is InChI=1S/C14H17F2N3OS.ClH/c1-8(17)21-14-18-2-3-19(14)11-5-9-4-10(15)6-12(16)13(9)20-7-11;/h2-4,6,8,11,14,18H,5,7,17H2,1H3;1H/t8?,11?,14-;/m1./s1. The predicted molar refractivity (Wildman–Crippen MR) is 85.7 cm³/mol. The van der Waals surface area contributed by atoms with Gasteiger partial charge in [0.2, 0.25) is 0 Å².